The van der Waals surface area contributed by atoms with E-state index in [9.17, 15) is 26.3 Å². The Morgan fingerprint density at radius 3 is 1.38 bits per heavy atom. The van der Waals surface area contributed by atoms with Crippen molar-refractivity contribution in [2.75, 3.05) is 0 Å². The molecule has 0 amide bonds. The first-order valence-corrected chi connectivity index (χ1v) is 8.45. The van der Waals surface area contributed by atoms with Gasteiger partial charge in [0, 0.05) is 35.9 Å². The van der Waals surface area contributed by atoms with Crippen molar-refractivity contribution in [3.8, 4) is 0 Å². The van der Waals surface area contributed by atoms with Crippen LogP contribution in [0.1, 0.15) is 13.8 Å². The Balaban J connectivity index is 2.46. The second-order valence-corrected chi connectivity index (χ2v) is 6.67. The van der Waals surface area contributed by atoms with Crippen molar-refractivity contribution in [2.24, 2.45) is 11.5 Å². The van der Waals surface area contributed by atoms with Crippen LogP contribution in [0.4, 0.5) is 26.3 Å². The van der Waals surface area contributed by atoms with Gasteiger partial charge >= 0.3 is 17.8 Å². The van der Waals surface area contributed by atoms with E-state index in [1.165, 1.54) is 26.2 Å². The van der Waals surface area contributed by atoms with Crippen LogP contribution >= 0.6 is 0 Å². The first-order chi connectivity index (χ1) is 13.4. The monoisotopic (exact) mass is 416 g/mol. The van der Waals surface area contributed by atoms with E-state index in [0.29, 0.717) is 0 Å². The standard InChI is InChI=1S/C19H18F6N4/c1-9-11(3-5-28-13(9)7-26)15-16(12-4-6-29-14(8-27)10(12)2)18(22,23)19(24,25)17(15,20)21/h3-8,28-29H,26-27H2,1-2H3. The number of hydrogen-bond acceptors (Lipinski definition) is 4. The van der Waals surface area contributed by atoms with E-state index >= 15 is 0 Å². The van der Waals surface area contributed by atoms with E-state index < -0.39 is 40.1 Å². The highest BCUT2D eigenvalue weighted by Crippen LogP contribution is 2.63. The molecule has 10 heteroatoms. The third-order valence-corrected chi connectivity index (χ3v) is 5.13. The summed E-state index contributed by atoms with van der Waals surface area (Å²) in [5.74, 6) is -15.9. The fourth-order valence-electron chi connectivity index (χ4n) is 3.51. The average molecular weight is 416 g/mol. The zero-order valence-electron chi connectivity index (χ0n) is 15.4. The lowest BCUT2D eigenvalue weighted by Gasteiger charge is -2.27. The van der Waals surface area contributed by atoms with E-state index in [0.717, 1.165) is 24.6 Å². The van der Waals surface area contributed by atoms with Crippen molar-refractivity contribution in [3.05, 3.63) is 81.8 Å². The highest BCUT2D eigenvalue weighted by atomic mass is 19.3. The van der Waals surface area contributed by atoms with Crippen molar-refractivity contribution >= 4 is 0 Å². The predicted octanol–water partition coefficient (Wildman–Crippen LogP) is 3.67. The Bertz CT molecular complexity index is 901. The average Bonchev–Trinajstić information content (AvgIpc) is 2.76. The topological polar surface area (TPSA) is 76.1 Å². The van der Waals surface area contributed by atoms with Crippen LogP contribution in [-0.2, 0) is 0 Å². The Morgan fingerprint density at radius 2 is 1.07 bits per heavy atom. The van der Waals surface area contributed by atoms with Gasteiger partial charge < -0.3 is 22.1 Å². The maximum Gasteiger partial charge on any atom is 0.380 e. The molecule has 0 atom stereocenters. The molecular weight excluding hydrogens is 398 g/mol. The van der Waals surface area contributed by atoms with Crippen LogP contribution in [0.5, 0.6) is 0 Å². The minimum Gasteiger partial charge on any atom is -0.403 e. The van der Waals surface area contributed by atoms with Gasteiger partial charge in [-0.05, 0) is 48.3 Å². The quantitative estimate of drug-likeness (QED) is 0.519. The van der Waals surface area contributed by atoms with E-state index in [4.69, 9.17) is 11.5 Å². The number of alkyl halides is 6. The highest BCUT2D eigenvalue weighted by molar-refractivity contribution is 5.68. The maximum absolute atomic E-state index is 14.9. The number of rotatable bonds is 2. The lowest BCUT2D eigenvalue weighted by Crippen LogP contribution is -2.49. The van der Waals surface area contributed by atoms with Crippen molar-refractivity contribution < 1.29 is 26.3 Å². The van der Waals surface area contributed by atoms with Gasteiger partial charge in [-0.3, -0.25) is 0 Å². The van der Waals surface area contributed by atoms with Crippen LogP contribution < -0.4 is 22.1 Å². The summed E-state index contributed by atoms with van der Waals surface area (Å²) in [6, 6.07) is 0. The second kappa shape index (κ2) is 6.50. The van der Waals surface area contributed by atoms with Gasteiger partial charge in [0.25, 0.3) is 0 Å². The van der Waals surface area contributed by atoms with Crippen LogP contribution in [0.3, 0.4) is 0 Å². The number of dihydropyridines is 2. The van der Waals surface area contributed by atoms with Gasteiger partial charge in [-0.1, -0.05) is 0 Å². The predicted molar refractivity (Wildman–Crippen MR) is 96.4 cm³/mol. The zero-order valence-corrected chi connectivity index (χ0v) is 15.4. The molecule has 3 rings (SSSR count). The maximum atomic E-state index is 14.9. The molecule has 0 spiro atoms. The molecule has 2 aliphatic heterocycles. The van der Waals surface area contributed by atoms with Gasteiger partial charge in [0.1, 0.15) is 0 Å². The van der Waals surface area contributed by atoms with Crippen molar-refractivity contribution in [1.29, 1.82) is 0 Å². The summed E-state index contributed by atoms with van der Waals surface area (Å²) in [7, 11) is 0. The van der Waals surface area contributed by atoms with Gasteiger partial charge in [-0.2, -0.15) is 26.3 Å². The molecule has 1 aliphatic carbocycles. The second-order valence-electron chi connectivity index (χ2n) is 6.67. The third kappa shape index (κ3) is 2.61. The number of hydrogen-bond donors (Lipinski definition) is 4. The van der Waals surface area contributed by atoms with Gasteiger partial charge in [0.15, 0.2) is 0 Å². The largest absolute Gasteiger partial charge is 0.403 e. The zero-order chi connectivity index (χ0) is 21.8. The van der Waals surface area contributed by atoms with Gasteiger partial charge in [-0.15, -0.1) is 0 Å². The molecule has 0 radical (unpaired) electrons. The first kappa shape index (κ1) is 20.7. The summed E-state index contributed by atoms with van der Waals surface area (Å²) < 4.78 is 88.2. The SMILES string of the molecule is CC1=C(C2=C(C3=C(C)C(=CN)NC=C3)C(F)(F)C(F)(F)C2(F)F)C=CNC1=CN. The van der Waals surface area contributed by atoms with Crippen LogP contribution in [0, 0.1) is 0 Å². The summed E-state index contributed by atoms with van der Waals surface area (Å²) in [5, 5.41) is 5.31. The van der Waals surface area contributed by atoms with Crippen molar-refractivity contribution in [1.82, 2.24) is 10.6 Å². The molecule has 3 aliphatic rings. The molecule has 0 unspecified atom stereocenters. The van der Waals surface area contributed by atoms with Crippen LogP contribution in [0.15, 0.2) is 81.8 Å². The van der Waals surface area contributed by atoms with E-state index in [1.54, 1.807) is 0 Å². The summed E-state index contributed by atoms with van der Waals surface area (Å²) in [4.78, 5) is 0. The number of halogens is 6. The Hall–Kier alpha value is -3.04. The normalized spacial score (nSPS) is 27.7. The molecule has 0 saturated carbocycles. The van der Waals surface area contributed by atoms with Crippen molar-refractivity contribution in [3.63, 3.8) is 0 Å². The van der Waals surface area contributed by atoms with Gasteiger partial charge in [0.05, 0.1) is 11.4 Å². The molecule has 29 heavy (non-hydrogen) atoms. The molecular formula is C19H18F6N4. The smallest absolute Gasteiger partial charge is 0.380 e. The van der Waals surface area contributed by atoms with Crippen LogP contribution in [0.2, 0.25) is 0 Å². The fourth-order valence-corrected chi connectivity index (χ4v) is 3.51. The lowest BCUT2D eigenvalue weighted by molar-refractivity contribution is -0.263. The van der Waals surface area contributed by atoms with E-state index in [1.807, 2.05) is 0 Å². The molecule has 0 aromatic carbocycles. The summed E-state index contributed by atoms with van der Waals surface area (Å²) in [6.07, 6.45) is 6.49. The van der Waals surface area contributed by atoms with Gasteiger partial charge in [0.2, 0.25) is 0 Å². The number of nitrogens with one attached hydrogen (secondary N) is 2. The molecule has 4 nitrogen and oxygen atoms in total. The molecule has 0 aromatic rings. The van der Waals surface area contributed by atoms with Crippen molar-refractivity contribution in [2.45, 2.75) is 31.6 Å². The molecule has 0 saturated heterocycles. The Morgan fingerprint density at radius 1 is 0.724 bits per heavy atom. The molecule has 2 heterocycles. The summed E-state index contributed by atoms with van der Waals surface area (Å²) in [5.41, 5.74) is 7.37. The summed E-state index contributed by atoms with van der Waals surface area (Å²) >= 11 is 0. The molecule has 0 bridgehead atoms. The van der Waals surface area contributed by atoms with Crippen LogP contribution in [0.25, 0.3) is 0 Å². The minimum atomic E-state index is -5.64. The molecule has 0 aromatic heterocycles. The Kier molecular flexibility index (Phi) is 4.64. The highest BCUT2D eigenvalue weighted by Gasteiger charge is 2.80. The minimum absolute atomic E-state index is 0.0291. The van der Waals surface area contributed by atoms with E-state index in [2.05, 4.69) is 10.6 Å². The van der Waals surface area contributed by atoms with Crippen LogP contribution in [-0.4, -0.2) is 17.8 Å². The molecule has 156 valence electrons. The molecule has 0 fully saturated rings. The van der Waals surface area contributed by atoms with E-state index in [-0.39, 0.29) is 22.5 Å². The first-order valence-electron chi connectivity index (χ1n) is 8.45. The summed E-state index contributed by atoms with van der Waals surface area (Å²) in [6.45, 7) is 2.65. The third-order valence-electron chi connectivity index (χ3n) is 5.13. The fraction of sp³-hybridized carbons (Fsp3) is 0.263. The molecule has 6 N–H and O–H groups in total. The Labute approximate surface area is 162 Å². The number of nitrogens with two attached hydrogens (primary N) is 2. The number of allylic oxidation sites excluding steroid dienone is 8. The lowest BCUT2D eigenvalue weighted by atomic mass is 9.87. The van der Waals surface area contributed by atoms with Gasteiger partial charge in [-0.25, -0.2) is 0 Å².